The fraction of sp³-hybridized carbons (Fsp3) is 0.643. The number of aromatic nitrogens is 2. The van der Waals surface area contributed by atoms with Crippen LogP contribution in [0.3, 0.4) is 0 Å². The van der Waals surface area contributed by atoms with Crippen LogP contribution in [-0.2, 0) is 4.79 Å². The number of nitrogens with zero attached hydrogens (tertiary/aromatic N) is 2. The summed E-state index contributed by atoms with van der Waals surface area (Å²) in [5.41, 5.74) is 0.917. The van der Waals surface area contributed by atoms with Gasteiger partial charge in [-0.05, 0) is 26.7 Å². The second kappa shape index (κ2) is 9.12. The van der Waals surface area contributed by atoms with Crippen LogP contribution in [0.5, 0.6) is 5.88 Å². The topological polar surface area (TPSA) is 84.3 Å². The van der Waals surface area contributed by atoms with Crippen LogP contribution in [0.25, 0.3) is 0 Å². The van der Waals surface area contributed by atoms with Gasteiger partial charge in [-0.15, -0.1) is 0 Å². The van der Waals surface area contributed by atoms with Crippen molar-refractivity contribution in [3.63, 3.8) is 0 Å². The molecule has 0 aliphatic carbocycles. The Bertz CT molecular complexity index is 424. The van der Waals surface area contributed by atoms with Gasteiger partial charge < -0.3 is 15.2 Å². The Morgan fingerprint density at radius 2 is 2.05 bits per heavy atom. The molecule has 1 rings (SSSR count). The van der Waals surface area contributed by atoms with Crippen molar-refractivity contribution in [2.24, 2.45) is 0 Å². The first kappa shape index (κ1) is 16.2. The average molecular weight is 281 g/mol. The summed E-state index contributed by atoms with van der Waals surface area (Å²) in [6.07, 6.45) is 5.45. The van der Waals surface area contributed by atoms with E-state index < -0.39 is 5.97 Å². The maximum Gasteiger partial charge on any atom is 0.303 e. The van der Waals surface area contributed by atoms with E-state index in [-0.39, 0.29) is 6.42 Å². The molecule has 112 valence electrons. The zero-order chi connectivity index (χ0) is 14.8. The number of carboxylic acid groups (broad SMARTS) is 1. The summed E-state index contributed by atoms with van der Waals surface area (Å²) in [4.78, 5) is 18.6. The third-order valence-electron chi connectivity index (χ3n) is 2.93. The Hall–Kier alpha value is -1.85. The summed E-state index contributed by atoms with van der Waals surface area (Å²) < 4.78 is 5.41. The number of ether oxygens (including phenoxy) is 1. The molecule has 0 saturated carbocycles. The zero-order valence-corrected chi connectivity index (χ0v) is 12.2. The quantitative estimate of drug-likeness (QED) is 0.641. The van der Waals surface area contributed by atoms with Crippen molar-refractivity contribution in [2.75, 3.05) is 18.5 Å². The predicted molar refractivity (Wildman–Crippen MR) is 77.1 cm³/mol. The summed E-state index contributed by atoms with van der Waals surface area (Å²) in [7, 11) is 0. The predicted octanol–water partition coefficient (Wildman–Crippen LogP) is 2.63. The average Bonchev–Trinajstić information content (AvgIpc) is 2.41. The number of unbranched alkanes of at least 4 members (excludes halogenated alkanes) is 3. The Labute approximate surface area is 119 Å². The molecule has 1 aromatic heterocycles. The third-order valence-corrected chi connectivity index (χ3v) is 2.93. The van der Waals surface area contributed by atoms with Crippen molar-refractivity contribution in [1.29, 1.82) is 0 Å². The van der Waals surface area contributed by atoms with E-state index in [1.54, 1.807) is 0 Å². The van der Waals surface area contributed by atoms with E-state index in [9.17, 15) is 4.79 Å². The maximum absolute atomic E-state index is 10.4. The molecule has 6 nitrogen and oxygen atoms in total. The summed E-state index contributed by atoms with van der Waals surface area (Å²) in [6, 6.07) is 0. The van der Waals surface area contributed by atoms with Gasteiger partial charge in [-0.1, -0.05) is 12.8 Å². The molecule has 0 amide bonds. The van der Waals surface area contributed by atoms with Crippen LogP contribution in [0.1, 0.15) is 44.6 Å². The van der Waals surface area contributed by atoms with Crippen molar-refractivity contribution < 1.29 is 14.6 Å². The van der Waals surface area contributed by atoms with Gasteiger partial charge in [0.15, 0.2) is 0 Å². The smallest absolute Gasteiger partial charge is 0.303 e. The highest BCUT2D eigenvalue weighted by molar-refractivity contribution is 5.66. The number of rotatable bonds is 10. The highest BCUT2D eigenvalue weighted by atomic mass is 16.5. The van der Waals surface area contributed by atoms with Crippen LogP contribution in [0.2, 0.25) is 0 Å². The van der Waals surface area contributed by atoms with E-state index in [0.717, 1.165) is 43.6 Å². The van der Waals surface area contributed by atoms with Gasteiger partial charge in [0, 0.05) is 13.0 Å². The van der Waals surface area contributed by atoms with Crippen molar-refractivity contribution >= 4 is 11.8 Å². The largest absolute Gasteiger partial charge is 0.481 e. The van der Waals surface area contributed by atoms with Crippen molar-refractivity contribution in [3.05, 3.63) is 11.9 Å². The van der Waals surface area contributed by atoms with Crippen molar-refractivity contribution in [2.45, 2.75) is 46.0 Å². The lowest BCUT2D eigenvalue weighted by molar-refractivity contribution is -0.137. The molecule has 0 bridgehead atoms. The number of anilines is 1. The Morgan fingerprint density at radius 1 is 1.30 bits per heavy atom. The second-order valence-electron chi connectivity index (χ2n) is 4.57. The van der Waals surface area contributed by atoms with Gasteiger partial charge in [0.25, 0.3) is 0 Å². The molecule has 0 radical (unpaired) electrons. The molecule has 2 N–H and O–H groups in total. The standard InChI is InChI=1S/C14H23N3O3/c1-3-20-14-11(2)13(16-10-17-14)15-9-7-5-4-6-8-12(18)19/h10H,3-9H2,1-2H3,(H,18,19)(H,15,16,17). The summed E-state index contributed by atoms with van der Waals surface area (Å²) in [5.74, 6) is 0.698. The second-order valence-corrected chi connectivity index (χ2v) is 4.57. The number of hydrogen-bond acceptors (Lipinski definition) is 5. The van der Waals surface area contributed by atoms with E-state index in [1.165, 1.54) is 6.33 Å². The van der Waals surface area contributed by atoms with Gasteiger partial charge in [-0.25, -0.2) is 9.97 Å². The van der Waals surface area contributed by atoms with E-state index in [1.807, 2.05) is 13.8 Å². The fourth-order valence-corrected chi connectivity index (χ4v) is 1.86. The Kier molecular flexibility index (Phi) is 7.39. The molecule has 1 aromatic rings. The Balaban J connectivity index is 2.25. The number of hydrogen-bond donors (Lipinski definition) is 2. The minimum atomic E-state index is -0.719. The normalized spacial score (nSPS) is 10.3. The van der Waals surface area contributed by atoms with Gasteiger partial charge in [0.2, 0.25) is 5.88 Å². The molecule has 6 heteroatoms. The lowest BCUT2D eigenvalue weighted by Gasteiger charge is -2.11. The van der Waals surface area contributed by atoms with E-state index in [4.69, 9.17) is 9.84 Å². The first-order valence-electron chi connectivity index (χ1n) is 7.05. The lowest BCUT2D eigenvalue weighted by atomic mass is 10.1. The van der Waals surface area contributed by atoms with Crippen molar-refractivity contribution in [3.8, 4) is 5.88 Å². The highest BCUT2D eigenvalue weighted by Gasteiger charge is 2.06. The van der Waals surface area contributed by atoms with Gasteiger partial charge in [0.05, 0.1) is 12.2 Å². The molecule has 0 aliphatic rings. The zero-order valence-electron chi connectivity index (χ0n) is 12.2. The monoisotopic (exact) mass is 281 g/mol. The fourth-order valence-electron chi connectivity index (χ4n) is 1.86. The number of carbonyl (C=O) groups is 1. The minimum Gasteiger partial charge on any atom is -0.481 e. The molecular formula is C14H23N3O3. The molecule has 0 fully saturated rings. The molecular weight excluding hydrogens is 258 g/mol. The van der Waals surface area contributed by atoms with Gasteiger partial charge >= 0.3 is 5.97 Å². The van der Waals surface area contributed by atoms with Gasteiger partial charge in [-0.3, -0.25) is 4.79 Å². The molecule has 0 unspecified atom stereocenters. The minimum absolute atomic E-state index is 0.260. The van der Waals surface area contributed by atoms with Crippen LogP contribution in [0.15, 0.2) is 6.33 Å². The molecule has 20 heavy (non-hydrogen) atoms. The molecule has 1 heterocycles. The number of aliphatic carboxylic acids is 1. The maximum atomic E-state index is 10.4. The van der Waals surface area contributed by atoms with Crippen LogP contribution in [0.4, 0.5) is 5.82 Å². The number of nitrogens with one attached hydrogen (secondary N) is 1. The first-order valence-corrected chi connectivity index (χ1v) is 7.05. The summed E-state index contributed by atoms with van der Waals surface area (Å²) >= 11 is 0. The van der Waals surface area contributed by atoms with Crippen LogP contribution >= 0.6 is 0 Å². The molecule has 0 saturated heterocycles. The first-order chi connectivity index (χ1) is 9.65. The molecule has 0 aromatic carbocycles. The van der Waals surface area contributed by atoms with E-state index in [0.29, 0.717) is 12.5 Å². The third kappa shape index (κ3) is 5.86. The summed E-state index contributed by atoms with van der Waals surface area (Å²) in [5, 5.41) is 11.8. The van der Waals surface area contributed by atoms with Crippen LogP contribution < -0.4 is 10.1 Å². The van der Waals surface area contributed by atoms with Crippen LogP contribution in [0, 0.1) is 6.92 Å². The van der Waals surface area contributed by atoms with Gasteiger partial charge in [0.1, 0.15) is 12.1 Å². The Morgan fingerprint density at radius 3 is 2.75 bits per heavy atom. The van der Waals surface area contributed by atoms with Crippen molar-refractivity contribution in [1.82, 2.24) is 9.97 Å². The van der Waals surface area contributed by atoms with Crippen LogP contribution in [-0.4, -0.2) is 34.2 Å². The molecule has 0 aliphatic heterocycles. The number of carboxylic acids is 1. The lowest BCUT2D eigenvalue weighted by Crippen LogP contribution is -2.07. The SMILES string of the molecule is CCOc1ncnc(NCCCCCCC(=O)O)c1C. The van der Waals surface area contributed by atoms with E-state index in [2.05, 4.69) is 15.3 Å². The van der Waals surface area contributed by atoms with E-state index >= 15 is 0 Å². The summed E-state index contributed by atoms with van der Waals surface area (Å²) in [6.45, 7) is 5.25. The van der Waals surface area contributed by atoms with Gasteiger partial charge in [-0.2, -0.15) is 0 Å². The highest BCUT2D eigenvalue weighted by Crippen LogP contribution is 2.20. The molecule has 0 atom stereocenters. The molecule has 0 spiro atoms.